The summed E-state index contributed by atoms with van der Waals surface area (Å²) in [5.41, 5.74) is 2.20. The predicted molar refractivity (Wildman–Crippen MR) is 138 cm³/mol. The van der Waals surface area contributed by atoms with E-state index >= 15 is 0 Å². The SMILES string of the molecule is COc1ccc(/C=C/[C@H]2O[C@@H](COCc3ccccc3)[C@@H](C)[C@H](O)[C@@H]2[Se]c2ccccc2)cc1. The first-order valence-corrected chi connectivity index (χ1v) is 13.5. The molecule has 178 valence electrons. The molecule has 1 aliphatic heterocycles. The standard InChI is InChI=1S/C29H32O4Se/c1-21-27(20-32-19-23-9-5-3-6-10-23)33-26(18-15-22-13-16-24(31-2)17-14-22)29(28(21)30)34-25-11-7-4-8-12-25/h3-18,21,26-30H,19-20H2,1-2H3/b18-15+/t21-,26-,27+,28+,29-/m1/s1. The normalized spacial score (nSPS) is 24.9. The number of hydrogen-bond donors (Lipinski definition) is 1. The Balaban J connectivity index is 1.48. The van der Waals surface area contributed by atoms with Gasteiger partial charge < -0.3 is 0 Å². The van der Waals surface area contributed by atoms with Gasteiger partial charge in [0.15, 0.2) is 0 Å². The Kier molecular flexibility index (Phi) is 8.97. The summed E-state index contributed by atoms with van der Waals surface area (Å²) < 4.78 is 19.1. The first-order valence-electron chi connectivity index (χ1n) is 11.6. The van der Waals surface area contributed by atoms with Crippen molar-refractivity contribution in [1.29, 1.82) is 0 Å². The first-order chi connectivity index (χ1) is 16.6. The molecule has 0 aromatic heterocycles. The topological polar surface area (TPSA) is 47.9 Å². The minimum absolute atomic E-state index is 0.0167. The van der Waals surface area contributed by atoms with Crippen LogP contribution >= 0.6 is 0 Å². The van der Waals surface area contributed by atoms with E-state index in [-0.39, 0.29) is 37.9 Å². The van der Waals surface area contributed by atoms with Gasteiger partial charge in [0.05, 0.1) is 0 Å². The molecule has 5 atom stereocenters. The summed E-state index contributed by atoms with van der Waals surface area (Å²) >= 11 is 0.0692. The van der Waals surface area contributed by atoms with Crippen molar-refractivity contribution in [2.24, 2.45) is 5.92 Å². The molecule has 0 unspecified atom stereocenters. The number of ether oxygens (including phenoxy) is 3. The zero-order valence-corrected chi connectivity index (χ0v) is 21.3. The average Bonchev–Trinajstić information content (AvgIpc) is 2.89. The second-order valence-electron chi connectivity index (χ2n) is 8.52. The van der Waals surface area contributed by atoms with Gasteiger partial charge in [-0.3, -0.25) is 0 Å². The second kappa shape index (κ2) is 12.3. The molecule has 4 nitrogen and oxygen atoms in total. The van der Waals surface area contributed by atoms with Gasteiger partial charge in [0, 0.05) is 0 Å². The van der Waals surface area contributed by atoms with E-state index in [2.05, 4.69) is 55.5 Å². The summed E-state index contributed by atoms with van der Waals surface area (Å²) in [6.45, 7) is 3.05. The molecule has 34 heavy (non-hydrogen) atoms. The molecular weight excluding hydrogens is 491 g/mol. The molecule has 0 spiro atoms. The van der Waals surface area contributed by atoms with Gasteiger partial charge >= 0.3 is 209 Å². The van der Waals surface area contributed by atoms with Crippen LogP contribution in [-0.2, 0) is 16.1 Å². The molecule has 0 aliphatic carbocycles. The number of aliphatic hydroxyl groups is 1. The molecule has 1 saturated heterocycles. The van der Waals surface area contributed by atoms with Gasteiger partial charge in [-0.1, -0.05) is 0 Å². The molecule has 1 heterocycles. The van der Waals surface area contributed by atoms with Crippen molar-refractivity contribution < 1.29 is 19.3 Å². The molecule has 0 radical (unpaired) electrons. The molecule has 0 saturated carbocycles. The fourth-order valence-electron chi connectivity index (χ4n) is 4.04. The molecule has 0 bridgehead atoms. The molecule has 1 N–H and O–H groups in total. The van der Waals surface area contributed by atoms with E-state index in [0.717, 1.165) is 16.9 Å². The van der Waals surface area contributed by atoms with E-state index in [1.807, 2.05) is 48.5 Å². The second-order valence-corrected chi connectivity index (χ2v) is 11.1. The third-order valence-corrected chi connectivity index (χ3v) is 8.98. The predicted octanol–water partition coefficient (Wildman–Crippen LogP) is 4.51. The van der Waals surface area contributed by atoms with Gasteiger partial charge in [0.1, 0.15) is 0 Å². The molecule has 0 amide bonds. The maximum atomic E-state index is 11.4. The minimum atomic E-state index is -0.468. The number of rotatable bonds is 9. The number of aliphatic hydroxyl groups excluding tert-OH is 1. The molecular formula is C29H32O4Se. The van der Waals surface area contributed by atoms with Crippen molar-refractivity contribution in [3.8, 4) is 5.75 Å². The molecule has 1 aliphatic rings. The van der Waals surface area contributed by atoms with Crippen LogP contribution in [0, 0.1) is 5.92 Å². The quantitative estimate of drug-likeness (QED) is 0.420. The van der Waals surface area contributed by atoms with Crippen LogP contribution in [-0.4, -0.2) is 52.1 Å². The summed E-state index contributed by atoms with van der Waals surface area (Å²) in [7, 11) is 1.67. The summed E-state index contributed by atoms with van der Waals surface area (Å²) in [4.78, 5) is 0.0183. The van der Waals surface area contributed by atoms with Crippen molar-refractivity contribution >= 4 is 25.5 Å². The Morgan fingerprint density at radius 3 is 2.29 bits per heavy atom. The van der Waals surface area contributed by atoms with Crippen LogP contribution in [0.15, 0.2) is 91.0 Å². The average molecular weight is 524 g/mol. The molecule has 3 aromatic rings. The van der Waals surface area contributed by atoms with Crippen LogP contribution in [0.2, 0.25) is 4.82 Å². The summed E-state index contributed by atoms with van der Waals surface area (Å²) in [5.74, 6) is 0.813. The fraction of sp³-hybridized carbons (Fsp3) is 0.310. The van der Waals surface area contributed by atoms with E-state index in [1.165, 1.54) is 4.46 Å². The number of methoxy groups -OCH3 is 1. The van der Waals surface area contributed by atoms with Gasteiger partial charge in [-0.2, -0.15) is 0 Å². The molecule has 3 aromatic carbocycles. The molecule has 1 fully saturated rings. The van der Waals surface area contributed by atoms with Crippen molar-refractivity contribution in [2.45, 2.75) is 36.7 Å². The third-order valence-electron chi connectivity index (χ3n) is 6.12. The van der Waals surface area contributed by atoms with Crippen molar-refractivity contribution in [1.82, 2.24) is 0 Å². The molecule has 5 heteroatoms. The van der Waals surface area contributed by atoms with Crippen LogP contribution in [0.1, 0.15) is 18.1 Å². The number of hydrogen-bond acceptors (Lipinski definition) is 4. The summed E-state index contributed by atoms with van der Waals surface area (Å²) in [6, 6.07) is 28.5. The van der Waals surface area contributed by atoms with Crippen LogP contribution in [0.5, 0.6) is 5.75 Å². The first kappa shape index (κ1) is 24.7. The monoisotopic (exact) mass is 524 g/mol. The third kappa shape index (κ3) is 6.59. The summed E-state index contributed by atoms with van der Waals surface area (Å²) in [5, 5.41) is 11.4. The van der Waals surface area contributed by atoms with Gasteiger partial charge in [-0.15, -0.1) is 0 Å². The van der Waals surface area contributed by atoms with E-state index < -0.39 is 6.10 Å². The van der Waals surface area contributed by atoms with Gasteiger partial charge in [0.2, 0.25) is 0 Å². The van der Waals surface area contributed by atoms with Crippen LogP contribution < -0.4 is 9.20 Å². The van der Waals surface area contributed by atoms with Crippen LogP contribution in [0.25, 0.3) is 6.08 Å². The Morgan fingerprint density at radius 2 is 1.62 bits per heavy atom. The van der Waals surface area contributed by atoms with Crippen LogP contribution in [0.4, 0.5) is 0 Å². The van der Waals surface area contributed by atoms with Crippen molar-refractivity contribution in [2.75, 3.05) is 13.7 Å². The maximum absolute atomic E-state index is 11.4. The van der Waals surface area contributed by atoms with E-state index in [9.17, 15) is 5.11 Å². The zero-order valence-electron chi connectivity index (χ0n) is 19.6. The van der Waals surface area contributed by atoms with E-state index in [1.54, 1.807) is 7.11 Å². The van der Waals surface area contributed by atoms with Crippen LogP contribution in [0.3, 0.4) is 0 Å². The van der Waals surface area contributed by atoms with Crippen molar-refractivity contribution in [3.05, 3.63) is 102 Å². The van der Waals surface area contributed by atoms with Crippen molar-refractivity contribution in [3.63, 3.8) is 0 Å². The molecule has 4 rings (SSSR count). The number of benzene rings is 3. The van der Waals surface area contributed by atoms with Gasteiger partial charge in [-0.05, 0) is 0 Å². The zero-order chi connectivity index (χ0) is 23.8. The Labute approximate surface area is 208 Å². The van der Waals surface area contributed by atoms with E-state index in [0.29, 0.717) is 13.2 Å². The fourth-order valence-corrected chi connectivity index (χ4v) is 6.78. The summed E-state index contributed by atoms with van der Waals surface area (Å²) in [6.07, 6.45) is 3.33. The Hall–Kier alpha value is -2.40. The Morgan fingerprint density at radius 1 is 0.941 bits per heavy atom. The van der Waals surface area contributed by atoms with E-state index in [4.69, 9.17) is 14.2 Å². The Bertz CT molecular complexity index is 1020. The van der Waals surface area contributed by atoms with Gasteiger partial charge in [-0.25, -0.2) is 0 Å². The van der Waals surface area contributed by atoms with Gasteiger partial charge in [0.25, 0.3) is 0 Å².